The Bertz CT molecular complexity index is 584. The van der Waals surface area contributed by atoms with Crippen LogP contribution in [0.25, 0.3) is 11.1 Å². The van der Waals surface area contributed by atoms with Crippen LogP contribution in [0, 0.1) is 0 Å². The predicted molar refractivity (Wildman–Crippen MR) is 70.1 cm³/mol. The number of hydrogen-bond acceptors (Lipinski definition) is 2. The fourth-order valence-electron chi connectivity index (χ4n) is 1.42. The Morgan fingerprint density at radius 1 is 1.12 bits per heavy atom. The van der Waals surface area contributed by atoms with Crippen molar-refractivity contribution in [3.05, 3.63) is 51.2 Å². The number of pyridine rings is 1. The van der Waals surface area contributed by atoms with Gasteiger partial charge >= 0.3 is 0 Å². The van der Waals surface area contributed by atoms with E-state index in [9.17, 15) is 4.79 Å². The van der Waals surface area contributed by atoms with Crippen molar-refractivity contribution in [3.8, 4) is 11.1 Å². The van der Waals surface area contributed by atoms with Gasteiger partial charge in [0.25, 0.3) is 0 Å². The number of aldehydes is 1. The van der Waals surface area contributed by atoms with Gasteiger partial charge in [-0.05, 0) is 18.2 Å². The molecule has 0 unspecified atom stereocenters. The number of aromatic nitrogens is 1. The highest BCUT2D eigenvalue weighted by atomic mass is 35.5. The molecule has 2 aromatic rings. The zero-order valence-corrected chi connectivity index (χ0v) is 10.7. The van der Waals surface area contributed by atoms with E-state index in [-0.39, 0.29) is 5.15 Å². The van der Waals surface area contributed by atoms with Crippen molar-refractivity contribution in [2.45, 2.75) is 0 Å². The van der Waals surface area contributed by atoms with Crippen LogP contribution in [0.4, 0.5) is 0 Å². The molecule has 1 heterocycles. The van der Waals surface area contributed by atoms with Crippen LogP contribution in [0.3, 0.4) is 0 Å². The van der Waals surface area contributed by atoms with Crippen molar-refractivity contribution in [2.75, 3.05) is 0 Å². The summed E-state index contributed by atoms with van der Waals surface area (Å²) in [6.07, 6.45) is 2.22. The van der Waals surface area contributed by atoms with Crippen LogP contribution >= 0.6 is 34.8 Å². The number of hydrogen-bond donors (Lipinski definition) is 0. The fraction of sp³-hybridized carbons (Fsp3) is 0. The Kier molecular flexibility index (Phi) is 3.67. The molecular weight excluding hydrogens is 280 g/mol. The Morgan fingerprint density at radius 2 is 1.88 bits per heavy atom. The first kappa shape index (κ1) is 12.4. The van der Waals surface area contributed by atoms with Gasteiger partial charge in [-0.15, -0.1) is 0 Å². The minimum Gasteiger partial charge on any atom is -0.298 e. The third kappa shape index (κ3) is 2.60. The molecule has 0 spiro atoms. The summed E-state index contributed by atoms with van der Waals surface area (Å²) in [4.78, 5) is 14.7. The molecule has 0 N–H and O–H groups in total. The van der Waals surface area contributed by atoms with Gasteiger partial charge in [0.15, 0.2) is 6.29 Å². The lowest BCUT2D eigenvalue weighted by Gasteiger charge is -2.05. The van der Waals surface area contributed by atoms with E-state index in [0.717, 1.165) is 11.1 Å². The van der Waals surface area contributed by atoms with E-state index >= 15 is 0 Å². The Labute approximate surface area is 113 Å². The molecule has 0 aliphatic rings. The van der Waals surface area contributed by atoms with Crippen LogP contribution in [0.2, 0.25) is 15.2 Å². The molecule has 17 heavy (non-hydrogen) atoms. The Balaban J connectivity index is 2.56. The molecule has 86 valence electrons. The fourth-order valence-corrected chi connectivity index (χ4v) is 2.08. The van der Waals surface area contributed by atoms with Crippen molar-refractivity contribution >= 4 is 41.1 Å². The molecule has 1 aromatic carbocycles. The zero-order chi connectivity index (χ0) is 12.4. The summed E-state index contributed by atoms with van der Waals surface area (Å²) in [5.41, 5.74) is 1.80. The molecule has 0 radical (unpaired) electrons. The lowest BCUT2D eigenvalue weighted by atomic mass is 10.1. The summed E-state index contributed by atoms with van der Waals surface area (Å²) in [5.74, 6) is 0. The molecule has 1 aromatic heterocycles. The monoisotopic (exact) mass is 285 g/mol. The summed E-state index contributed by atoms with van der Waals surface area (Å²) in [5, 5.41) is 1.23. The van der Waals surface area contributed by atoms with Crippen LogP contribution in [0.15, 0.2) is 30.5 Å². The van der Waals surface area contributed by atoms with Gasteiger partial charge in [0, 0.05) is 27.4 Å². The maximum Gasteiger partial charge on any atom is 0.153 e. The molecule has 0 bridgehead atoms. The third-order valence-corrected chi connectivity index (χ3v) is 3.10. The summed E-state index contributed by atoms with van der Waals surface area (Å²) in [6.45, 7) is 0. The second-order valence-corrected chi connectivity index (χ2v) is 4.55. The molecule has 5 heteroatoms. The van der Waals surface area contributed by atoms with Gasteiger partial charge in [-0.2, -0.15) is 0 Å². The highest BCUT2D eigenvalue weighted by Gasteiger charge is 2.08. The number of carbonyl (C=O) groups excluding carboxylic acids is 1. The van der Waals surface area contributed by atoms with Gasteiger partial charge in [-0.25, -0.2) is 4.98 Å². The van der Waals surface area contributed by atoms with Crippen LogP contribution in [-0.2, 0) is 0 Å². The Morgan fingerprint density at radius 3 is 2.53 bits per heavy atom. The van der Waals surface area contributed by atoms with Crippen molar-refractivity contribution in [2.24, 2.45) is 0 Å². The molecule has 0 aliphatic carbocycles. The number of nitrogens with zero attached hydrogens (tertiary/aromatic N) is 1. The Hall–Kier alpha value is -1.09. The molecule has 0 saturated carbocycles. The molecule has 0 amide bonds. The van der Waals surface area contributed by atoms with Gasteiger partial charge in [0.1, 0.15) is 5.15 Å². The van der Waals surface area contributed by atoms with Gasteiger partial charge < -0.3 is 0 Å². The average Bonchev–Trinajstić information content (AvgIpc) is 2.30. The standard InChI is InChI=1S/C12H6Cl3NO/c13-9-1-2-10(11(14)4-9)7-3-8(6-17)12(15)16-5-7/h1-6H. The van der Waals surface area contributed by atoms with Crippen LogP contribution in [0.5, 0.6) is 0 Å². The summed E-state index contributed by atoms with van der Waals surface area (Å²) < 4.78 is 0. The smallest absolute Gasteiger partial charge is 0.153 e. The SMILES string of the molecule is O=Cc1cc(-c2ccc(Cl)cc2Cl)cnc1Cl. The molecule has 2 nitrogen and oxygen atoms in total. The van der Waals surface area contributed by atoms with E-state index < -0.39 is 0 Å². The van der Waals surface area contributed by atoms with E-state index in [4.69, 9.17) is 34.8 Å². The quantitative estimate of drug-likeness (QED) is 0.600. The van der Waals surface area contributed by atoms with Crippen molar-refractivity contribution in [3.63, 3.8) is 0 Å². The lowest BCUT2D eigenvalue weighted by Crippen LogP contribution is -1.89. The predicted octanol–water partition coefficient (Wildman–Crippen LogP) is 4.52. The highest BCUT2D eigenvalue weighted by molar-refractivity contribution is 6.36. The molecule has 0 fully saturated rings. The second-order valence-electron chi connectivity index (χ2n) is 3.35. The van der Waals surface area contributed by atoms with Crippen LogP contribution in [0.1, 0.15) is 10.4 Å². The number of halogens is 3. The molecular formula is C12H6Cl3NO. The van der Waals surface area contributed by atoms with E-state index in [0.29, 0.717) is 21.9 Å². The van der Waals surface area contributed by atoms with Gasteiger partial charge in [-0.3, -0.25) is 4.79 Å². The van der Waals surface area contributed by atoms with E-state index in [2.05, 4.69) is 4.98 Å². The normalized spacial score (nSPS) is 10.3. The number of carbonyl (C=O) groups is 1. The molecule has 2 rings (SSSR count). The minimum absolute atomic E-state index is 0.175. The summed E-state index contributed by atoms with van der Waals surface area (Å²) in [7, 11) is 0. The van der Waals surface area contributed by atoms with Gasteiger partial charge in [-0.1, -0.05) is 40.9 Å². The minimum atomic E-state index is 0.175. The zero-order valence-electron chi connectivity index (χ0n) is 8.45. The summed E-state index contributed by atoms with van der Waals surface area (Å²) in [6, 6.07) is 6.76. The maximum absolute atomic E-state index is 10.8. The van der Waals surface area contributed by atoms with E-state index in [1.54, 1.807) is 30.5 Å². The van der Waals surface area contributed by atoms with Gasteiger partial charge in [0.2, 0.25) is 0 Å². The molecule has 0 aliphatic heterocycles. The molecule has 0 saturated heterocycles. The average molecular weight is 287 g/mol. The second kappa shape index (κ2) is 5.05. The van der Waals surface area contributed by atoms with Gasteiger partial charge in [0.05, 0.1) is 5.56 Å². The third-order valence-electron chi connectivity index (χ3n) is 2.24. The first-order chi connectivity index (χ1) is 8.11. The molecule has 0 atom stereocenters. The largest absolute Gasteiger partial charge is 0.298 e. The first-order valence-corrected chi connectivity index (χ1v) is 5.81. The lowest BCUT2D eigenvalue weighted by molar-refractivity contribution is 0.112. The topological polar surface area (TPSA) is 30.0 Å². The van der Waals surface area contributed by atoms with Crippen molar-refractivity contribution < 1.29 is 4.79 Å². The summed E-state index contributed by atoms with van der Waals surface area (Å²) >= 11 is 17.6. The van der Waals surface area contributed by atoms with E-state index in [1.165, 1.54) is 0 Å². The number of rotatable bonds is 2. The van der Waals surface area contributed by atoms with Crippen LogP contribution in [-0.4, -0.2) is 11.3 Å². The number of benzene rings is 1. The van der Waals surface area contributed by atoms with Crippen molar-refractivity contribution in [1.29, 1.82) is 0 Å². The van der Waals surface area contributed by atoms with E-state index in [1.807, 2.05) is 0 Å². The van der Waals surface area contributed by atoms with Crippen LogP contribution < -0.4 is 0 Å². The maximum atomic E-state index is 10.8. The first-order valence-electron chi connectivity index (χ1n) is 4.68. The highest BCUT2D eigenvalue weighted by Crippen LogP contribution is 2.31. The van der Waals surface area contributed by atoms with Crippen molar-refractivity contribution in [1.82, 2.24) is 4.98 Å².